The molecule has 0 aromatic heterocycles. The van der Waals surface area contributed by atoms with Gasteiger partial charge in [0.25, 0.3) is 15.9 Å². The second-order valence-corrected chi connectivity index (χ2v) is 13.0. The maximum Gasteiger partial charge on any atom is 0.338 e. The first-order valence-electron chi connectivity index (χ1n) is 13.0. The number of ether oxygens (including phenoxy) is 1. The number of benzene rings is 2. The third kappa shape index (κ3) is 4.29. The number of carbonyl (C=O) groups is 2. The fraction of sp³-hybridized carbons (Fsp3) is 0.500. The van der Waals surface area contributed by atoms with Crippen LogP contribution in [0.2, 0.25) is 0 Å². The molecule has 0 atom stereocenters. The van der Waals surface area contributed by atoms with Gasteiger partial charge >= 0.3 is 5.97 Å². The summed E-state index contributed by atoms with van der Waals surface area (Å²) in [4.78, 5) is 25.3. The lowest BCUT2D eigenvalue weighted by molar-refractivity contribution is -0.130. The summed E-state index contributed by atoms with van der Waals surface area (Å²) < 4.78 is 33.3. The molecular formula is C28H32N2O5S. The summed E-state index contributed by atoms with van der Waals surface area (Å²) in [7, 11) is -3.75. The van der Waals surface area contributed by atoms with Crippen molar-refractivity contribution in [2.75, 3.05) is 17.5 Å². The van der Waals surface area contributed by atoms with E-state index < -0.39 is 16.0 Å². The van der Waals surface area contributed by atoms with Crippen LogP contribution in [0.5, 0.6) is 0 Å². The maximum absolute atomic E-state index is 13.3. The van der Waals surface area contributed by atoms with Crippen LogP contribution in [0, 0.1) is 17.8 Å². The van der Waals surface area contributed by atoms with E-state index in [0.29, 0.717) is 30.0 Å². The van der Waals surface area contributed by atoms with Gasteiger partial charge in [0.1, 0.15) is 0 Å². The minimum absolute atomic E-state index is 0.121. The average molecular weight is 509 g/mol. The molecule has 4 aliphatic carbocycles. The first-order chi connectivity index (χ1) is 17.3. The molecule has 5 aliphatic rings. The molecule has 0 radical (unpaired) electrons. The van der Waals surface area contributed by atoms with Gasteiger partial charge in [0.2, 0.25) is 0 Å². The van der Waals surface area contributed by atoms with E-state index >= 15 is 0 Å². The first kappa shape index (κ1) is 23.5. The average Bonchev–Trinajstić information content (AvgIpc) is 2.86. The van der Waals surface area contributed by atoms with Crippen molar-refractivity contribution in [2.24, 2.45) is 17.8 Å². The van der Waals surface area contributed by atoms with Gasteiger partial charge in [-0.3, -0.25) is 9.10 Å². The number of esters is 1. The van der Waals surface area contributed by atoms with Gasteiger partial charge in [-0.05, 0) is 105 Å². The van der Waals surface area contributed by atoms with E-state index in [1.54, 1.807) is 0 Å². The van der Waals surface area contributed by atoms with Crippen molar-refractivity contribution in [1.29, 1.82) is 0 Å². The van der Waals surface area contributed by atoms with Crippen LogP contribution in [0.4, 0.5) is 5.69 Å². The third-order valence-corrected chi connectivity index (χ3v) is 10.4. The quantitative estimate of drug-likeness (QED) is 0.594. The van der Waals surface area contributed by atoms with Crippen LogP contribution in [-0.2, 0) is 26.0 Å². The molecule has 8 heteroatoms. The number of rotatable bonds is 6. The lowest BCUT2D eigenvalue weighted by Crippen LogP contribution is -2.60. The maximum atomic E-state index is 13.3. The van der Waals surface area contributed by atoms with Crippen LogP contribution < -0.4 is 9.62 Å². The van der Waals surface area contributed by atoms with Crippen LogP contribution in [-0.4, -0.2) is 39.0 Å². The van der Waals surface area contributed by atoms with Crippen LogP contribution in [0.1, 0.15) is 60.9 Å². The zero-order chi connectivity index (χ0) is 24.9. The van der Waals surface area contributed by atoms with E-state index in [9.17, 15) is 18.0 Å². The molecule has 1 aliphatic heterocycles. The number of amides is 1. The van der Waals surface area contributed by atoms with Gasteiger partial charge in [-0.2, -0.15) is 0 Å². The van der Waals surface area contributed by atoms with Crippen LogP contribution in [0.25, 0.3) is 0 Å². The smallest absolute Gasteiger partial charge is 0.338 e. The molecule has 2 aromatic rings. The molecule has 0 unspecified atom stereocenters. The number of hydrogen-bond donors (Lipinski definition) is 1. The van der Waals surface area contributed by atoms with E-state index in [-0.39, 0.29) is 28.5 Å². The van der Waals surface area contributed by atoms with Gasteiger partial charge in [0, 0.05) is 12.1 Å². The molecule has 7 nitrogen and oxygen atoms in total. The predicted molar refractivity (Wildman–Crippen MR) is 135 cm³/mol. The molecule has 2 aromatic carbocycles. The number of aryl methyl sites for hydroxylation is 1. The Morgan fingerprint density at radius 1 is 0.944 bits per heavy atom. The molecule has 1 amide bonds. The van der Waals surface area contributed by atoms with Gasteiger partial charge in [0.15, 0.2) is 6.61 Å². The normalized spacial score (nSPS) is 28.4. The molecule has 1 heterocycles. The van der Waals surface area contributed by atoms with Gasteiger partial charge < -0.3 is 10.1 Å². The molecule has 190 valence electrons. The Hall–Kier alpha value is -2.87. The number of hydrogen-bond acceptors (Lipinski definition) is 5. The lowest BCUT2D eigenvalue weighted by Gasteiger charge is -2.56. The van der Waals surface area contributed by atoms with E-state index in [2.05, 4.69) is 5.32 Å². The Morgan fingerprint density at radius 3 is 2.25 bits per heavy atom. The molecule has 4 saturated carbocycles. The second kappa shape index (κ2) is 8.91. The third-order valence-electron chi connectivity index (χ3n) is 8.52. The summed E-state index contributed by atoms with van der Waals surface area (Å²) >= 11 is 0. The Kier molecular flexibility index (Phi) is 5.82. The monoisotopic (exact) mass is 508 g/mol. The van der Waals surface area contributed by atoms with Crippen LogP contribution in [0.3, 0.4) is 0 Å². The van der Waals surface area contributed by atoms with E-state index in [1.807, 2.05) is 24.3 Å². The van der Waals surface area contributed by atoms with Gasteiger partial charge in [-0.25, -0.2) is 13.2 Å². The number of fused-ring (bicyclic) bond motifs is 1. The minimum Gasteiger partial charge on any atom is -0.452 e. The van der Waals surface area contributed by atoms with Crippen molar-refractivity contribution >= 4 is 27.6 Å². The predicted octanol–water partition coefficient (Wildman–Crippen LogP) is 4.07. The van der Waals surface area contributed by atoms with E-state index in [4.69, 9.17) is 4.74 Å². The summed E-state index contributed by atoms with van der Waals surface area (Å²) in [5.74, 6) is 1.25. The Morgan fingerprint density at radius 2 is 1.58 bits per heavy atom. The summed E-state index contributed by atoms with van der Waals surface area (Å²) in [6, 6.07) is 13.3. The SMILES string of the molecule is O=C(COC(=O)c1ccc(S(=O)(=O)N2CCCc3ccccc32)cc1)NC12CC3CC(CC(C3)C1)C2. The fourth-order valence-corrected chi connectivity index (χ4v) is 8.99. The topological polar surface area (TPSA) is 92.8 Å². The minimum atomic E-state index is -3.75. The number of nitrogens with zero attached hydrogens (tertiary/aromatic N) is 1. The lowest BCUT2D eigenvalue weighted by atomic mass is 9.53. The number of sulfonamides is 1. The summed E-state index contributed by atoms with van der Waals surface area (Å²) in [5.41, 5.74) is 1.81. The molecule has 0 spiro atoms. The summed E-state index contributed by atoms with van der Waals surface area (Å²) in [5, 5.41) is 3.20. The van der Waals surface area contributed by atoms with Crippen molar-refractivity contribution in [3.05, 3.63) is 59.7 Å². The number of carbonyl (C=O) groups excluding carboxylic acids is 2. The van der Waals surface area contributed by atoms with Gasteiger partial charge in [-0.15, -0.1) is 0 Å². The molecule has 0 saturated heterocycles. The van der Waals surface area contributed by atoms with E-state index in [0.717, 1.165) is 37.7 Å². The van der Waals surface area contributed by atoms with Gasteiger partial charge in [-0.1, -0.05) is 18.2 Å². The zero-order valence-corrected chi connectivity index (χ0v) is 21.1. The zero-order valence-electron chi connectivity index (χ0n) is 20.3. The highest BCUT2D eigenvalue weighted by Gasteiger charge is 2.51. The van der Waals surface area contributed by atoms with Crippen LogP contribution in [0.15, 0.2) is 53.4 Å². The highest BCUT2D eigenvalue weighted by atomic mass is 32.2. The molecular weight excluding hydrogens is 476 g/mol. The Labute approximate surface area is 212 Å². The number of nitrogens with one attached hydrogen (secondary N) is 1. The highest BCUT2D eigenvalue weighted by molar-refractivity contribution is 7.92. The molecule has 4 bridgehead atoms. The molecule has 36 heavy (non-hydrogen) atoms. The standard InChI is InChI=1S/C28H32N2O5S/c31-26(29-28-15-19-12-20(16-28)14-21(13-19)17-28)18-35-27(32)23-7-9-24(10-8-23)36(33,34)30-11-3-5-22-4-1-2-6-25(22)30/h1-2,4,6-10,19-21H,3,5,11-18H2,(H,29,31). The number of para-hydroxylation sites is 1. The van der Waals surface area contributed by atoms with Crippen molar-refractivity contribution in [1.82, 2.24) is 5.32 Å². The van der Waals surface area contributed by atoms with E-state index in [1.165, 1.54) is 47.8 Å². The largest absolute Gasteiger partial charge is 0.452 e. The Balaban J connectivity index is 1.08. The van der Waals surface area contributed by atoms with Gasteiger partial charge in [0.05, 0.1) is 16.1 Å². The first-order valence-corrected chi connectivity index (χ1v) is 14.4. The van der Waals surface area contributed by atoms with Crippen molar-refractivity contribution in [3.63, 3.8) is 0 Å². The molecule has 7 rings (SSSR count). The molecule has 4 fully saturated rings. The fourth-order valence-electron chi connectivity index (χ4n) is 7.45. The van der Waals surface area contributed by atoms with Crippen molar-refractivity contribution in [3.8, 4) is 0 Å². The van der Waals surface area contributed by atoms with Crippen molar-refractivity contribution < 1.29 is 22.7 Å². The molecule has 1 N–H and O–H groups in total. The number of anilines is 1. The highest BCUT2D eigenvalue weighted by Crippen LogP contribution is 2.55. The van der Waals surface area contributed by atoms with Crippen molar-refractivity contribution in [2.45, 2.75) is 61.8 Å². The summed E-state index contributed by atoms with van der Waals surface area (Å²) in [6.07, 6.45) is 8.60. The Bertz CT molecular complexity index is 1250. The van der Waals surface area contributed by atoms with Crippen LogP contribution >= 0.6 is 0 Å². The second-order valence-electron chi connectivity index (χ2n) is 11.2. The summed E-state index contributed by atoms with van der Waals surface area (Å²) in [6.45, 7) is 0.0905.